The average molecular weight is 562 g/mol. The Balaban J connectivity index is 1.40. The molecule has 8 nitrogen and oxygen atoms in total. The number of halogens is 2. The SMILES string of the molecule is C=CCn1c(CC(=O)Nc2cccc(Cl)c2Cl)nnc1SCC(=O)Nc1sc2c(c1C#N)CCCC2. The smallest absolute Gasteiger partial charge is 0.235 e. The number of nitrogens with zero attached hydrogens (tertiary/aromatic N) is 4. The van der Waals surface area contributed by atoms with Crippen LogP contribution in [0, 0.1) is 11.3 Å². The molecule has 0 saturated carbocycles. The summed E-state index contributed by atoms with van der Waals surface area (Å²) >= 11 is 14.9. The summed E-state index contributed by atoms with van der Waals surface area (Å²) in [7, 11) is 0. The van der Waals surface area contributed by atoms with Crippen LogP contribution >= 0.6 is 46.3 Å². The molecule has 186 valence electrons. The quantitative estimate of drug-likeness (QED) is 0.264. The van der Waals surface area contributed by atoms with E-state index in [0.717, 1.165) is 31.2 Å². The third kappa shape index (κ3) is 5.93. The Bertz CT molecular complexity index is 1360. The summed E-state index contributed by atoms with van der Waals surface area (Å²) in [5.41, 5.74) is 2.06. The molecule has 0 fully saturated rings. The standard InChI is InChI=1S/C24H22Cl2N6O2S2/c1-2-10-32-19(11-20(33)28-17-8-5-7-16(25)22(17)26)30-31-24(32)35-13-21(34)29-23-15(12-27)14-6-3-4-9-18(14)36-23/h2,5,7-8H,1,3-4,6,9-11,13H2,(H,28,33)(H,29,34). The van der Waals surface area contributed by atoms with Gasteiger partial charge in [0, 0.05) is 11.4 Å². The van der Waals surface area contributed by atoms with Gasteiger partial charge in [0.1, 0.15) is 16.9 Å². The number of fused-ring (bicyclic) bond motifs is 1. The Morgan fingerprint density at radius 2 is 2.03 bits per heavy atom. The number of amides is 2. The number of thiophene rings is 1. The van der Waals surface area contributed by atoms with Crippen molar-refractivity contribution in [3.8, 4) is 6.07 Å². The molecule has 3 aromatic rings. The highest BCUT2D eigenvalue weighted by Crippen LogP contribution is 2.37. The molecule has 0 spiro atoms. The van der Waals surface area contributed by atoms with Gasteiger partial charge in [0.05, 0.1) is 33.5 Å². The van der Waals surface area contributed by atoms with Gasteiger partial charge < -0.3 is 15.2 Å². The topological polar surface area (TPSA) is 113 Å². The first-order chi connectivity index (χ1) is 17.4. The molecule has 0 saturated heterocycles. The number of carbonyl (C=O) groups excluding carboxylic acids is 2. The molecule has 1 aromatic carbocycles. The third-order valence-corrected chi connectivity index (χ3v) is 8.51. The van der Waals surface area contributed by atoms with Crippen LogP contribution in [0.3, 0.4) is 0 Å². The summed E-state index contributed by atoms with van der Waals surface area (Å²) < 4.78 is 1.73. The molecule has 2 aromatic heterocycles. The maximum Gasteiger partial charge on any atom is 0.235 e. The normalized spacial score (nSPS) is 12.5. The number of benzene rings is 1. The van der Waals surface area contributed by atoms with Gasteiger partial charge in [0.2, 0.25) is 11.8 Å². The maximum atomic E-state index is 12.7. The van der Waals surface area contributed by atoms with Gasteiger partial charge in [-0.15, -0.1) is 28.1 Å². The van der Waals surface area contributed by atoms with Crippen LogP contribution in [0.4, 0.5) is 10.7 Å². The Hall–Kier alpha value is -2.84. The maximum absolute atomic E-state index is 12.7. The van der Waals surface area contributed by atoms with E-state index < -0.39 is 0 Å². The summed E-state index contributed by atoms with van der Waals surface area (Å²) in [5, 5.41) is 25.2. The highest BCUT2D eigenvalue weighted by Gasteiger charge is 2.22. The summed E-state index contributed by atoms with van der Waals surface area (Å²) in [6.45, 7) is 4.13. The fourth-order valence-corrected chi connectivity index (χ4v) is 6.24. The van der Waals surface area contributed by atoms with Gasteiger partial charge in [-0.25, -0.2) is 0 Å². The molecule has 0 aliphatic heterocycles. The lowest BCUT2D eigenvalue weighted by Gasteiger charge is -2.10. The molecular weight excluding hydrogens is 539 g/mol. The van der Waals surface area contributed by atoms with Gasteiger partial charge in [-0.05, 0) is 43.4 Å². The van der Waals surface area contributed by atoms with E-state index in [1.165, 1.54) is 28.0 Å². The van der Waals surface area contributed by atoms with E-state index >= 15 is 0 Å². The van der Waals surface area contributed by atoms with E-state index in [1.807, 2.05) is 0 Å². The van der Waals surface area contributed by atoms with E-state index in [1.54, 1.807) is 28.8 Å². The van der Waals surface area contributed by atoms with Gasteiger partial charge >= 0.3 is 0 Å². The number of anilines is 2. The molecule has 1 aliphatic rings. The molecule has 2 N–H and O–H groups in total. The van der Waals surface area contributed by atoms with Crippen LogP contribution in [-0.4, -0.2) is 32.3 Å². The molecule has 4 rings (SSSR count). The van der Waals surface area contributed by atoms with Gasteiger partial charge in [-0.1, -0.05) is 47.1 Å². The van der Waals surface area contributed by atoms with Gasteiger partial charge in [0.25, 0.3) is 0 Å². The second-order valence-corrected chi connectivity index (χ2v) is 10.8. The second kappa shape index (κ2) is 11.9. The first kappa shape index (κ1) is 26.2. The van der Waals surface area contributed by atoms with Crippen LogP contribution < -0.4 is 10.6 Å². The van der Waals surface area contributed by atoms with E-state index in [9.17, 15) is 14.9 Å². The predicted octanol–water partition coefficient (Wildman–Crippen LogP) is 5.49. The first-order valence-electron chi connectivity index (χ1n) is 11.1. The second-order valence-electron chi connectivity index (χ2n) is 7.99. The zero-order valence-corrected chi connectivity index (χ0v) is 22.3. The van der Waals surface area contributed by atoms with Crippen LogP contribution in [-0.2, 0) is 35.4 Å². The fourth-order valence-electron chi connectivity index (χ4n) is 3.87. The molecule has 0 bridgehead atoms. The van der Waals surface area contributed by atoms with Crippen LogP contribution in [0.1, 0.15) is 34.7 Å². The number of thioether (sulfide) groups is 1. The lowest BCUT2D eigenvalue weighted by atomic mass is 9.96. The lowest BCUT2D eigenvalue weighted by Crippen LogP contribution is -2.18. The fraction of sp³-hybridized carbons (Fsp3) is 0.292. The minimum absolute atomic E-state index is 0.0529. The van der Waals surface area contributed by atoms with Crippen LogP contribution in [0.25, 0.3) is 0 Å². The first-order valence-corrected chi connectivity index (χ1v) is 13.7. The Morgan fingerprint density at radius 3 is 2.81 bits per heavy atom. The summed E-state index contributed by atoms with van der Waals surface area (Å²) in [5.74, 6) is -0.0753. The monoisotopic (exact) mass is 560 g/mol. The van der Waals surface area contributed by atoms with Crippen molar-refractivity contribution in [2.24, 2.45) is 0 Å². The number of allylic oxidation sites excluding steroid dienone is 1. The molecule has 36 heavy (non-hydrogen) atoms. The van der Waals surface area contributed by atoms with Crippen molar-refractivity contribution in [3.63, 3.8) is 0 Å². The minimum atomic E-state index is -0.336. The number of nitrogens with one attached hydrogen (secondary N) is 2. The minimum Gasteiger partial charge on any atom is -0.324 e. The highest BCUT2D eigenvalue weighted by atomic mass is 35.5. The van der Waals surface area contributed by atoms with Crippen molar-refractivity contribution in [2.75, 3.05) is 16.4 Å². The molecule has 0 atom stereocenters. The summed E-state index contributed by atoms with van der Waals surface area (Å²) in [4.78, 5) is 26.5. The number of nitriles is 1. The molecular formula is C24H22Cl2N6O2S2. The number of hydrogen-bond acceptors (Lipinski definition) is 7. The molecule has 1 aliphatic carbocycles. The van der Waals surface area contributed by atoms with E-state index in [0.29, 0.717) is 38.8 Å². The molecule has 2 heterocycles. The largest absolute Gasteiger partial charge is 0.324 e. The number of aromatic nitrogens is 3. The lowest BCUT2D eigenvalue weighted by molar-refractivity contribution is -0.116. The van der Waals surface area contributed by atoms with Crippen LogP contribution in [0.15, 0.2) is 36.0 Å². The summed E-state index contributed by atoms with van der Waals surface area (Å²) in [6.07, 6.45) is 5.61. The van der Waals surface area contributed by atoms with E-state index in [2.05, 4.69) is 33.5 Å². The van der Waals surface area contributed by atoms with Crippen molar-refractivity contribution < 1.29 is 9.59 Å². The molecule has 0 unspecified atom stereocenters. The highest BCUT2D eigenvalue weighted by molar-refractivity contribution is 7.99. The predicted molar refractivity (Wildman–Crippen MR) is 144 cm³/mol. The molecule has 12 heteroatoms. The number of rotatable bonds is 9. The third-order valence-electron chi connectivity index (χ3n) is 5.52. The summed E-state index contributed by atoms with van der Waals surface area (Å²) in [6, 6.07) is 7.23. The number of hydrogen-bond donors (Lipinski definition) is 2. The Morgan fingerprint density at radius 1 is 1.22 bits per heavy atom. The van der Waals surface area contributed by atoms with E-state index in [-0.39, 0.29) is 29.0 Å². The van der Waals surface area contributed by atoms with Gasteiger partial charge in [-0.2, -0.15) is 5.26 Å². The van der Waals surface area contributed by atoms with Crippen molar-refractivity contribution in [1.29, 1.82) is 5.26 Å². The number of aryl methyl sites for hydroxylation is 1. The van der Waals surface area contributed by atoms with Crippen LogP contribution in [0.5, 0.6) is 0 Å². The Kier molecular flexibility index (Phi) is 8.69. The zero-order valence-electron chi connectivity index (χ0n) is 19.1. The zero-order chi connectivity index (χ0) is 25.7. The van der Waals surface area contributed by atoms with Crippen molar-refractivity contribution in [2.45, 2.75) is 43.8 Å². The average Bonchev–Trinajstić information content (AvgIpc) is 3.40. The van der Waals surface area contributed by atoms with Crippen LogP contribution in [0.2, 0.25) is 10.0 Å². The van der Waals surface area contributed by atoms with Gasteiger partial charge in [-0.3, -0.25) is 9.59 Å². The van der Waals surface area contributed by atoms with Crippen molar-refractivity contribution in [1.82, 2.24) is 14.8 Å². The molecule has 0 radical (unpaired) electrons. The molecule has 2 amide bonds. The van der Waals surface area contributed by atoms with Crippen molar-refractivity contribution in [3.05, 3.63) is 62.7 Å². The number of carbonyl (C=O) groups is 2. The van der Waals surface area contributed by atoms with E-state index in [4.69, 9.17) is 23.2 Å². The van der Waals surface area contributed by atoms with Gasteiger partial charge in [0.15, 0.2) is 5.16 Å². The van der Waals surface area contributed by atoms with Crippen molar-refractivity contribution >= 4 is 68.8 Å². The Labute approximate surface area is 226 Å².